The minimum absolute atomic E-state index is 0.0645. The zero-order valence-electron chi connectivity index (χ0n) is 15.9. The smallest absolute Gasteiger partial charge is 0.317 e. The predicted molar refractivity (Wildman–Crippen MR) is 101 cm³/mol. The van der Waals surface area contributed by atoms with Gasteiger partial charge in [0.2, 0.25) is 0 Å². The standard InChI is InChI=1S/C19H32N4O2/c1-15-5-7-17(8-6-15)16(2)20-19(25)22(4)13-18(24)14-23-11-9-21(3)10-12-23/h5-8,16,18,24H,9-14H2,1-4H3,(H,20,25)/t16-,18-/m0/s1. The molecule has 1 aromatic carbocycles. The van der Waals surface area contributed by atoms with Crippen LogP contribution in [0.25, 0.3) is 0 Å². The predicted octanol–water partition coefficient (Wildman–Crippen LogP) is 1.31. The van der Waals surface area contributed by atoms with Gasteiger partial charge in [-0.1, -0.05) is 29.8 Å². The summed E-state index contributed by atoms with van der Waals surface area (Å²) in [7, 11) is 3.84. The fraction of sp³-hybridized carbons (Fsp3) is 0.632. The molecule has 140 valence electrons. The number of amides is 2. The highest BCUT2D eigenvalue weighted by atomic mass is 16.3. The van der Waals surface area contributed by atoms with Gasteiger partial charge < -0.3 is 20.2 Å². The molecule has 2 amide bonds. The molecule has 0 spiro atoms. The molecule has 0 aromatic heterocycles. The van der Waals surface area contributed by atoms with E-state index >= 15 is 0 Å². The normalized spacial score (nSPS) is 18.6. The number of rotatable bonds is 6. The second kappa shape index (κ2) is 9.17. The molecule has 0 unspecified atom stereocenters. The van der Waals surface area contributed by atoms with Crippen LogP contribution in [0.5, 0.6) is 0 Å². The van der Waals surface area contributed by atoms with Gasteiger partial charge in [0.05, 0.1) is 12.1 Å². The highest BCUT2D eigenvalue weighted by Gasteiger charge is 2.20. The zero-order valence-corrected chi connectivity index (χ0v) is 15.9. The van der Waals surface area contributed by atoms with E-state index in [0.717, 1.165) is 31.7 Å². The van der Waals surface area contributed by atoms with Gasteiger partial charge in [-0.2, -0.15) is 0 Å². The van der Waals surface area contributed by atoms with E-state index in [1.54, 1.807) is 11.9 Å². The summed E-state index contributed by atoms with van der Waals surface area (Å²) >= 11 is 0. The number of hydrogen-bond acceptors (Lipinski definition) is 4. The number of aliphatic hydroxyl groups excluding tert-OH is 1. The molecule has 1 saturated heterocycles. The fourth-order valence-electron chi connectivity index (χ4n) is 3.02. The van der Waals surface area contributed by atoms with Crippen molar-refractivity contribution in [2.24, 2.45) is 0 Å². The number of carbonyl (C=O) groups is 1. The molecule has 1 heterocycles. The molecule has 1 aliphatic rings. The molecule has 1 aliphatic heterocycles. The largest absolute Gasteiger partial charge is 0.390 e. The fourth-order valence-corrected chi connectivity index (χ4v) is 3.02. The first kappa shape index (κ1) is 19.7. The summed E-state index contributed by atoms with van der Waals surface area (Å²) in [5.41, 5.74) is 2.27. The molecule has 0 saturated carbocycles. The Balaban J connectivity index is 1.76. The first-order valence-electron chi connectivity index (χ1n) is 9.02. The topological polar surface area (TPSA) is 59.1 Å². The number of β-amino-alcohol motifs (C(OH)–C–C–N with tert-alkyl or cyclic N) is 1. The van der Waals surface area contributed by atoms with Crippen molar-refractivity contribution in [2.45, 2.75) is 26.0 Å². The van der Waals surface area contributed by atoms with Crippen LogP contribution in [0, 0.1) is 6.92 Å². The number of hydrogen-bond donors (Lipinski definition) is 2. The Kier molecular flexibility index (Phi) is 7.23. The van der Waals surface area contributed by atoms with Gasteiger partial charge >= 0.3 is 6.03 Å². The van der Waals surface area contributed by atoms with Crippen molar-refractivity contribution in [3.63, 3.8) is 0 Å². The highest BCUT2D eigenvalue weighted by Crippen LogP contribution is 2.13. The van der Waals surface area contributed by atoms with Crippen LogP contribution in [-0.4, -0.2) is 85.3 Å². The van der Waals surface area contributed by atoms with Crippen molar-refractivity contribution < 1.29 is 9.90 Å². The molecule has 2 N–H and O–H groups in total. The van der Waals surface area contributed by atoms with E-state index in [1.807, 2.05) is 38.1 Å². The molecular weight excluding hydrogens is 316 g/mol. The van der Waals surface area contributed by atoms with Crippen LogP contribution in [0.3, 0.4) is 0 Å². The molecule has 2 rings (SSSR count). The minimum atomic E-state index is -0.533. The first-order chi connectivity index (χ1) is 11.8. The number of benzene rings is 1. The van der Waals surface area contributed by atoms with E-state index in [4.69, 9.17) is 0 Å². The summed E-state index contributed by atoms with van der Waals surface area (Å²) in [4.78, 5) is 18.5. The van der Waals surface area contributed by atoms with Crippen molar-refractivity contribution in [3.8, 4) is 0 Å². The molecular formula is C19H32N4O2. The van der Waals surface area contributed by atoms with E-state index in [0.29, 0.717) is 13.1 Å². The number of urea groups is 1. The number of likely N-dealkylation sites (N-methyl/N-ethyl adjacent to an activating group) is 2. The third-order valence-corrected chi connectivity index (χ3v) is 4.81. The number of nitrogens with zero attached hydrogens (tertiary/aromatic N) is 3. The van der Waals surface area contributed by atoms with Gasteiger partial charge in [0.1, 0.15) is 0 Å². The van der Waals surface area contributed by atoms with Crippen LogP contribution in [-0.2, 0) is 0 Å². The van der Waals surface area contributed by atoms with Gasteiger partial charge in [-0.25, -0.2) is 4.79 Å². The Morgan fingerprint density at radius 2 is 1.84 bits per heavy atom. The number of piperazine rings is 1. The first-order valence-corrected chi connectivity index (χ1v) is 9.02. The monoisotopic (exact) mass is 348 g/mol. The zero-order chi connectivity index (χ0) is 18.4. The SMILES string of the molecule is Cc1ccc([C@H](C)NC(=O)N(C)C[C@H](O)CN2CCN(C)CC2)cc1. The summed E-state index contributed by atoms with van der Waals surface area (Å²) in [5.74, 6) is 0. The van der Waals surface area contributed by atoms with Crippen LogP contribution in [0.2, 0.25) is 0 Å². The van der Waals surface area contributed by atoms with Crippen LogP contribution < -0.4 is 5.32 Å². The molecule has 2 atom stereocenters. The Hall–Kier alpha value is -1.63. The second-order valence-electron chi connectivity index (χ2n) is 7.22. The lowest BCUT2D eigenvalue weighted by Gasteiger charge is -2.34. The molecule has 1 fully saturated rings. The van der Waals surface area contributed by atoms with Gasteiger partial charge in [-0.15, -0.1) is 0 Å². The summed E-state index contributed by atoms with van der Waals surface area (Å²) < 4.78 is 0. The molecule has 6 nitrogen and oxygen atoms in total. The van der Waals surface area contributed by atoms with E-state index in [9.17, 15) is 9.90 Å². The summed E-state index contributed by atoms with van der Waals surface area (Å²) in [6, 6.07) is 7.92. The maximum atomic E-state index is 12.3. The van der Waals surface area contributed by atoms with Gasteiger partial charge in [0.25, 0.3) is 0 Å². The average molecular weight is 348 g/mol. The third-order valence-electron chi connectivity index (χ3n) is 4.81. The van der Waals surface area contributed by atoms with Crippen LogP contribution in [0.1, 0.15) is 24.1 Å². The maximum absolute atomic E-state index is 12.3. The molecule has 0 aliphatic carbocycles. The lowest BCUT2D eigenvalue weighted by Crippen LogP contribution is -2.49. The van der Waals surface area contributed by atoms with E-state index < -0.39 is 6.10 Å². The van der Waals surface area contributed by atoms with Crippen LogP contribution in [0.15, 0.2) is 24.3 Å². The number of nitrogens with one attached hydrogen (secondary N) is 1. The number of aryl methyl sites for hydroxylation is 1. The van der Waals surface area contributed by atoms with Gasteiger partial charge in [0, 0.05) is 46.3 Å². The lowest BCUT2D eigenvalue weighted by atomic mass is 10.1. The average Bonchev–Trinajstić information content (AvgIpc) is 2.57. The maximum Gasteiger partial charge on any atom is 0.317 e. The summed E-state index contributed by atoms with van der Waals surface area (Å²) in [6.45, 7) is 8.94. The highest BCUT2D eigenvalue weighted by molar-refractivity contribution is 5.74. The Bertz CT molecular complexity index is 541. The van der Waals surface area contributed by atoms with Crippen LogP contribution >= 0.6 is 0 Å². The van der Waals surface area contributed by atoms with Gasteiger partial charge in [-0.05, 0) is 26.5 Å². The van der Waals surface area contributed by atoms with Crippen molar-refractivity contribution in [2.75, 3.05) is 53.4 Å². The minimum Gasteiger partial charge on any atom is -0.390 e. The van der Waals surface area contributed by atoms with Crippen molar-refractivity contribution in [1.29, 1.82) is 0 Å². The molecule has 1 aromatic rings. The molecule has 6 heteroatoms. The van der Waals surface area contributed by atoms with Crippen molar-refractivity contribution >= 4 is 6.03 Å². The molecule has 25 heavy (non-hydrogen) atoms. The third kappa shape index (κ3) is 6.30. The van der Waals surface area contributed by atoms with E-state index in [-0.39, 0.29) is 12.1 Å². The number of aliphatic hydroxyl groups is 1. The van der Waals surface area contributed by atoms with Crippen LogP contribution in [0.4, 0.5) is 4.79 Å². The second-order valence-corrected chi connectivity index (χ2v) is 7.22. The summed E-state index contributed by atoms with van der Waals surface area (Å²) in [6.07, 6.45) is -0.533. The lowest BCUT2D eigenvalue weighted by molar-refractivity contribution is 0.0656. The van der Waals surface area contributed by atoms with E-state index in [1.165, 1.54) is 5.56 Å². The summed E-state index contributed by atoms with van der Waals surface area (Å²) in [5, 5.41) is 13.3. The Morgan fingerprint density at radius 3 is 2.44 bits per heavy atom. The molecule has 0 bridgehead atoms. The molecule has 0 radical (unpaired) electrons. The van der Waals surface area contributed by atoms with E-state index in [2.05, 4.69) is 22.2 Å². The van der Waals surface area contributed by atoms with Crippen molar-refractivity contribution in [3.05, 3.63) is 35.4 Å². The van der Waals surface area contributed by atoms with Gasteiger partial charge in [-0.3, -0.25) is 4.90 Å². The Morgan fingerprint density at radius 1 is 1.24 bits per heavy atom. The quantitative estimate of drug-likeness (QED) is 0.814. The van der Waals surface area contributed by atoms with Gasteiger partial charge in [0.15, 0.2) is 0 Å². The number of carbonyl (C=O) groups excluding carboxylic acids is 1. The Labute approximate surface area is 151 Å². The van der Waals surface area contributed by atoms with Crippen molar-refractivity contribution in [1.82, 2.24) is 20.0 Å².